The summed E-state index contributed by atoms with van der Waals surface area (Å²) in [5.74, 6) is 0. The molecule has 1 aliphatic rings. The molecule has 11 heavy (non-hydrogen) atoms. The number of halogens is 1. The van der Waals surface area contributed by atoms with Gasteiger partial charge in [-0.25, -0.2) is 4.79 Å². The van der Waals surface area contributed by atoms with Crippen LogP contribution >= 0.6 is 0 Å². The molecule has 1 aliphatic carbocycles. The molecule has 1 saturated carbocycles. The van der Waals surface area contributed by atoms with Crippen molar-refractivity contribution in [1.82, 2.24) is 0 Å². The van der Waals surface area contributed by atoms with Gasteiger partial charge in [-0.1, -0.05) is 6.92 Å². The first-order valence-corrected chi connectivity index (χ1v) is 4.07. The molecule has 0 radical (unpaired) electrons. The minimum absolute atomic E-state index is 0.466. The highest BCUT2D eigenvalue weighted by atomic mass is 19.1. The molecule has 2 nitrogen and oxygen atoms in total. The Morgan fingerprint density at radius 3 is 2.45 bits per heavy atom. The normalized spacial score (nSPS) is 21.6. The van der Waals surface area contributed by atoms with Crippen molar-refractivity contribution >= 4 is 6.22 Å². The topological polar surface area (TPSA) is 26.3 Å². The van der Waals surface area contributed by atoms with E-state index < -0.39 is 11.8 Å². The van der Waals surface area contributed by atoms with Crippen molar-refractivity contribution in [2.75, 3.05) is 0 Å². The Labute approximate surface area is 65.7 Å². The molecule has 1 fully saturated rings. The first-order chi connectivity index (χ1) is 5.18. The van der Waals surface area contributed by atoms with Crippen LogP contribution in [-0.2, 0) is 4.74 Å². The van der Waals surface area contributed by atoms with E-state index in [1.54, 1.807) is 0 Å². The molecule has 0 spiro atoms. The molecule has 1 rings (SSSR count). The molecular formula is C8H13FO2. The summed E-state index contributed by atoms with van der Waals surface area (Å²) >= 11 is 0. The maximum Gasteiger partial charge on any atom is 0.495 e. The van der Waals surface area contributed by atoms with E-state index in [0.717, 1.165) is 32.1 Å². The number of carbonyl (C=O) groups excluding carboxylic acids is 1. The average Bonchev–Trinajstić information content (AvgIpc) is 2.36. The van der Waals surface area contributed by atoms with Gasteiger partial charge in [0, 0.05) is 0 Å². The molecule has 0 unspecified atom stereocenters. The summed E-state index contributed by atoms with van der Waals surface area (Å²) in [7, 11) is 0. The van der Waals surface area contributed by atoms with Gasteiger partial charge in [-0.2, -0.15) is 0 Å². The van der Waals surface area contributed by atoms with Crippen LogP contribution in [0.3, 0.4) is 0 Å². The molecule has 3 heteroatoms. The fourth-order valence-electron chi connectivity index (χ4n) is 1.72. The van der Waals surface area contributed by atoms with Gasteiger partial charge in [0.15, 0.2) is 0 Å². The van der Waals surface area contributed by atoms with Crippen LogP contribution in [0.4, 0.5) is 9.18 Å². The Morgan fingerprint density at radius 1 is 1.55 bits per heavy atom. The molecule has 64 valence electrons. The number of rotatable bonds is 2. The minimum Gasteiger partial charge on any atom is -0.434 e. The van der Waals surface area contributed by atoms with Gasteiger partial charge in [-0.15, -0.1) is 4.39 Å². The molecule has 0 N–H and O–H groups in total. The molecule has 0 saturated heterocycles. The van der Waals surface area contributed by atoms with Gasteiger partial charge in [0.05, 0.1) is 0 Å². The van der Waals surface area contributed by atoms with E-state index in [9.17, 15) is 9.18 Å². The Morgan fingerprint density at radius 2 is 2.09 bits per heavy atom. The van der Waals surface area contributed by atoms with Crippen LogP contribution in [-0.4, -0.2) is 11.8 Å². The lowest BCUT2D eigenvalue weighted by Gasteiger charge is -2.25. The summed E-state index contributed by atoms with van der Waals surface area (Å²) < 4.78 is 16.6. The van der Waals surface area contributed by atoms with Crippen molar-refractivity contribution in [3.05, 3.63) is 0 Å². The van der Waals surface area contributed by atoms with Gasteiger partial charge in [0.2, 0.25) is 0 Å². The molecule has 0 heterocycles. The fourth-order valence-corrected chi connectivity index (χ4v) is 1.72. The van der Waals surface area contributed by atoms with E-state index in [-0.39, 0.29) is 0 Å². The summed E-state index contributed by atoms with van der Waals surface area (Å²) in [5.41, 5.74) is -0.466. The number of hydrogen-bond acceptors (Lipinski definition) is 2. The fraction of sp³-hybridized carbons (Fsp3) is 0.875. The van der Waals surface area contributed by atoms with E-state index in [4.69, 9.17) is 0 Å². The van der Waals surface area contributed by atoms with Crippen molar-refractivity contribution in [3.8, 4) is 0 Å². The molecule has 0 amide bonds. The Balaban J connectivity index is 2.52. The van der Waals surface area contributed by atoms with E-state index in [1.807, 2.05) is 6.92 Å². The minimum atomic E-state index is -1.63. The van der Waals surface area contributed by atoms with Gasteiger partial charge in [0.25, 0.3) is 0 Å². The van der Waals surface area contributed by atoms with Crippen LogP contribution in [0.5, 0.6) is 0 Å². The molecule has 0 aromatic rings. The summed E-state index contributed by atoms with van der Waals surface area (Å²) in [4.78, 5) is 10.1. The Kier molecular flexibility index (Phi) is 2.47. The van der Waals surface area contributed by atoms with Crippen LogP contribution in [0.2, 0.25) is 0 Å². The Bertz CT molecular complexity index is 150. The van der Waals surface area contributed by atoms with E-state index in [2.05, 4.69) is 4.74 Å². The predicted molar refractivity (Wildman–Crippen MR) is 39.1 cm³/mol. The van der Waals surface area contributed by atoms with E-state index in [0.29, 0.717) is 0 Å². The summed E-state index contributed by atoms with van der Waals surface area (Å²) in [5, 5.41) is 0. The molecule has 0 aromatic carbocycles. The third-order valence-electron chi connectivity index (χ3n) is 2.46. The molecular weight excluding hydrogens is 147 g/mol. The zero-order valence-electron chi connectivity index (χ0n) is 6.73. The maximum atomic E-state index is 11.9. The number of hydrogen-bond donors (Lipinski definition) is 0. The highest BCUT2D eigenvalue weighted by Gasteiger charge is 2.35. The smallest absolute Gasteiger partial charge is 0.434 e. The van der Waals surface area contributed by atoms with Crippen molar-refractivity contribution in [3.63, 3.8) is 0 Å². The lowest BCUT2D eigenvalue weighted by Crippen LogP contribution is -2.29. The second-order valence-corrected chi connectivity index (χ2v) is 3.08. The molecule has 0 bridgehead atoms. The summed E-state index contributed by atoms with van der Waals surface area (Å²) in [6.07, 6.45) is 2.82. The summed E-state index contributed by atoms with van der Waals surface area (Å²) in [6.45, 7) is 1.92. The molecule has 0 aromatic heterocycles. The van der Waals surface area contributed by atoms with Crippen molar-refractivity contribution in [1.29, 1.82) is 0 Å². The van der Waals surface area contributed by atoms with Gasteiger partial charge >= 0.3 is 6.22 Å². The van der Waals surface area contributed by atoms with Gasteiger partial charge in [-0.3, -0.25) is 0 Å². The second kappa shape index (κ2) is 3.20. The van der Waals surface area contributed by atoms with Gasteiger partial charge < -0.3 is 4.74 Å². The monoisotopic (exact) mass is 160 g/mol. The summed E-state index contributed by atoms with van der Waals surface area (Å²) in [6, 6.07) is 0. The zero-order chi connectivity index (χ0) is 8.32. The van der Waals surface area contributed by atoms with Crippen LogP contribution in [0.1, 0.15) is 39.0 Å². The molecule has 0 aliphatic heterocycles. The quantitative estimate of drug-likeness (QED) is 0.580. The highest BCUT2D eigenvalue weighted by Crippen LogP contribution is 2.36. The lowest BCUT2D eigenvalue weighted by molar-refractivity contribution is -0.00158. The zero-order valence-corrected chi connectivity index (χ0v) is 6.73. The van der Waals surface area contributed by atoms with Crippen LogP contribution in [0.15, 0.2) is 0 Å². The average molecular weight is 160 g/mol. The van der Waals surface area contributed by atoms with Crippen molar-refractivity contribution in [2.24, 2.45) is 0 Å². The second-order valence-electron chi connectivity index (χ2n) is 3.08. The van der Waals surface area contributed by atoms with Gasteiger partial charge in [0.1, 0.15) is 5.60 Å². The van der Waals surface area contributed by atoms with Crippen molar-refractivity contribution < 1.29 is 13.9 Å². The number of ether oxygens (including phenoxy) is 1. The van der Waals surface area contributed by atoms with Gasteiger partial charge in [-0.05, 0) is 32.1 Å². The highest BCUT2D eigenvalue weighted by molar-refractivity contribution is 5.58. The third-order valence-corrected chi connectivity index (χ3v) is 2.46. The SMILES string of the molecule is CCC1(OC(=O)F)CCCC1. The van der Waals surface area contributed by atoms with Crippen LogP contribution in [0.25, 0.3) is 0 Å². The maximum absolute atomic E-state index is 11.9. The first kappa shape index (κ1) is 8.50. The Hall–Kier alpha value is -0.600. The van der Waals surface area contributed by atoms with Crippen LogP contribution < -0.4 is 0 Å². The van der Waals surface area contributed by atoms with Crippen LogP contribution in [0, 0.1) is 0 Å². The lowest BCUT2D eigenvalue weighted by atomic mass is 9.99. The van der Waals surface area contributed by atoms with E-state index in [1.165, 1.54) is 0 Å². The van der Waals surface area contributed by atoms with Crippen molar-refractivity contribution in [2.45, 2.75) is 44.6 Å². The van der Waals surface area contributed by atoms with E-state index >= 15 is 0 Å². The largest absolute Gasteiger partial charge is 0.495 e. The molecule has 0 atom stereocenters. The first-order valence-electron chi connectivity index (χ1n) is 4.07. The predicted octanol–water partition coefficient (Wildman–Crippen LogP) is 2.82. The third kappa shape index (κ3) is 1.91. The standard InChI is InChI=1S/C8H13FO2/c1-2-8(11-7(9)10)5-3-4-6-8/h2-6H2,1H3. The number of carbonyl (C=O) groups is 1.